The Bertz CT molecular complexity index is 429. The predicted octanol–water partition coefficient (Wildman–Crippen LogP) is 0.611. The molecule has 2 unspecified atom stereocenters. The first-order valence-corrected chi connectivity index (χ1v) is 6.19. The Morgan fingerprint density at radius 1 is 1.37 bits per heavy atom. The van der Waals surface area contributed by atoms with E-state index in [-0.39, 0.29) is 6.61 Å². The second-order valence-corrected chi connectivity index (χ2v) is 4.67. The molecule has 2 atom stereocenters. The quantitative estimate of drug-likeness (QED) is 0.754. The van der Waals surface area contributed by atoms with Crippen molar-refractivity contribution in [2.24, 2.45) is 0 Å². The second kappa shape index (κ2) is 7.74. The first-order valence-electron chi connectivity index (χ1n) is 6.19. The zero-order chi connectivity index (χ0) is 14.3. The molecular formula is C14H20N2O3. The normalized spacial score (nSPS) is 13.9. The summed E-state index contributed by atoms with van der Waals surface area (Å²) in [5, 5.41) is 27.8. The van der Waals surface area contributed by atoms with Crippen molar-refractivity contribution in [3.63, 3.8) is 0 Å². The Labute approximate surface area is 113 Å². The van der Waals surface area contributed by atoms with Gasteiger partial charge in [0.1, 0.15) is 18.5 Å². The first-order chi connectivity index (χ1) is 9.01. The van der Waals surface area contributed by atoms with Crippen LogP contribution in [-0.2, 0) is 0 Å². The van der Waals surface area contributed by atoms with E-state index < -0.39 is 12.2 Å². The fraction of sp³-hybridized carbons (Fsp3) is 0.500. The van der Waals surface area contributed by atoms with Gasteiger partial charge in [-0.1, -0.05) is 6.07 Å². The van der Waals surface area contributed by atoms with Crippen LogP contribution in [0.15, 0.2) is 24.3 Å². The summed E-state index contributed by atoms with van der Waals surface area (Å²) >= 11 is 0. The van der Waals surface area contributed by atoms with Crippen molar-refractivity contribution in [3.05, 3.63) is 29.8 Å². The minimum absolute atomic E-state index is 0.152. The molecule has 0 fully saturated rings. The van der Waals surface area contributed by atoms with Gasteiger partial charge in [0.05, 0.1) is 17.7 Å². The van der Waals surface area contributed by atoms with Crippen LogP contribution in [0.4, 0.5) is 0 Å². The van der Waals surface area contributed by atoms with Crippen LogP contribution in [0.3, 0.4) is 0 Å². The van der Waals surface area contributed by atoms with Crippen molar-refractivity contribution in [1.82, 2.24) is 4.90 Å². The largest absolute Gasteiger partial charge is 0.491 e. The highest BCUT2D eigenvalue weighted by atomic mass is 16.5. The number of aliphatic hydroxyl groups is 2. The van der Waals surface area contributed by atoms with E-state index >= 15 is 0 Å². The maximum Gasteiger partial charge on any atom is 0.120 e. The maximum absolute atomic E-state index is 9.81. The lowest BCUT2D eigenvalue weighted by molar-refractivity contribution is 0.0598. The van der Waals surface area contributed by atoms with Crippen molar-refractivity contribution in [2.45, 2.75) is 19.1 Å². The summed E-state index contributed by atoms with van der Waals surface area (Å²) in [5.74, 6) is 0.566. The van der Waals surface area contributed by atoms with Crippen molar-refractivity contribution >= 4 is 0 Å². The minimum Gasteiger partial charge on any atom is -0.491 e. The van der Waals surface area contributed by atoms with Gasteiger partial charge < -0.3 is 19.8 Å². The SMILES string of the molecule is CC(O)CN(C)CC(O)COc1cccc(C#N)c1. The molecule has 2 N–H and O–H groups in total. The third kappa shape index (κ3) is 6.20. The van der Waals surface area contributed by atoms with Gasteiger partial charge in [0.25, 0.3) is 0 Å². The molecule has 1 aromatic rings. The van der Waals surface area contributed by atoms with Crippen molar-refractivity contribution < 1.29 is 14.9 Å². The highest BCUT2D eigenvalue weighted by Gasteiger charge is 2.10. The first kappa shape index (κ1) is 15.4. The lowest BCUT2D eigenvalue weighted by Gasteiger charge is -2.21. The van der Waals surface area contributed by atoms with E-state index in [4.69, 9.17) is 10.00 Å². The molecule has 0 heterocycles. The number of nitriles is 1. The van der Waals surface area contributed by atoms with E-state index in [1.165, 1.54) is 0 Å². The third-order valence-corrected chi connectivity index (χ3v) is 2.50. The molecule has 0 radical (unpaired) electrons. The molecule has 0 aromatic heterocycles. The van der Waals surface area contributed by atoms with Crippen LogP contribution in [-0.4, -0.2) is 54.1 Å². The molecule has 0 spiro atoms. The lowest BCUT2D eigenvalue weighted by atomic mass is 10.2. The standard InChI is InChI=1S/C14H20N2O3/c1-11(17)8-16(2)9-13(18)10-19-14-5-3-4-12(6-14)7-15/h3-6,11,13,17-18H,8-10H2,1-2H3. The summed E-state index contributed by atoms with van der Waals surface area (Å²) in [4.78, 5) is 1.84. The minimum atomic E-state index is -0.644. The fourth-order valence-corrected chi connectivity index (χ4v) is 1.79. The van der Waals surface area contributed by atoms with E-state index in [1.807, 2.05) is 18.0 Å². The number of nitrogens with zero attached hydrogens (tertiary/aromatic N) is 2. The average molecular weight is 264 g/mol. The molecule has 0 saturated carbocycles. The Kier molecular flexibility index (Phi) is 6.30. The Hall–Kier alpha value is -1.61. The second-order valence-electron chi connectivity index (χ2n) is 4.67. The Morgan fingerprint density at radius 3 is 2.74 bits per heavy atom. The van der Waals surface area contributed by atoms with Gasteiger partial charge in [-0.25, -0.2) is 0 Å². The number of hydrogen-bond donors (Lipinski definition) is 2. The van der Waals surface area contributed by atoms with Crippen molar-refractivity contribution in [3.8, 4) is 11.8 Å². The molecule has 0 aliphatic carbocycles. The molecule has 0 bridgehead atoms. The smallest absolute Gasteiger partial charge is 0.120 e. The molecule has 0 aliphatic rings. The van der Waals surface area contributed by atoms with Gasteiger partial charge in [0, 0.05) is 13.1 Å². The maximum atomic E-state index is 9.81. The van der Waals surface area contributed by atoms with Crippen LogP contribution in [0, 0.1) is 11.3 Å². The van der Waals surface area contributed by atoms with Crippen molar-refractivity contribution in [1.29, 1.82) is 5.26 Å². The highest BCUT2D eigenvalue weighted by molar-refractivity contribution is 5.36. The van der Waals surface area contributed by atoms with E-state index in [2.05, 4.69) is 0 Å². The molecule has 0 saturated heterocycles. The van der Waals surface area contributed by atoms with Gasteiger partial charge in [0.15, 0.2) is 0 Å². The molecule has 5 heteroatoms. The third-order valence-electron chi connectivity index (χ3n) is 2.50. The summed E-state index contributed by atoms with van der Waals surface area (Å²) < 4.78 is 5.43. The molecule has 104 valence electrons. The average Bonchev–Trinajstić information content (AvgIpc) is 2.35. The van der Waals surface area contributed by atoms with Gasteiger partial charge >= 0.3 is 0 Å². The van der Waals surface area contributed by atoms with Gasteiger partial charge in [-0.2, -0.15) is 5.26 Å². The number of likely N-dealkylation sites (N-methyl/N-ethyl adjacent to an activating group) is 1. The molecule has 5 nitrogen and oxygen atoms in total. The van der Waals surface area contributed by atoms with E-state index in [9.17, 15) is 10.2 Å². The van der Waals surface area contributed by atoms with Crippen LogP contribution in [0.2, 0.25) is 0 Å². The molecule has 0 aliphatic heterocycles. The Balaban J connectivity index is 2.37. The van der Waals surface area contributed by atoms with Crippen molar-refractivity contribution in [2.75, 3.05) is 26.7 Å². The lowest BCUT2D eigenvalue weighted by Crippen LogP contribution is -2.36. The van der Waals surface area contributed by atoms with Gasteiger partial charge in [0.2, 0.25) is 0 Å². The highest BCUT2D eigenvalue weighted by Crippen LogP contribution is 2.12. The number of aliphatic hydroxyl groups excluding tert-OH is 2. The molecule has 1 rings (SSSR count). The van der Waals surface area contributed by atoms with E-state index in [1.54, 1.807) is 31.2 Å². The summed E-state index contributed by atoms with van der Waals surface area (Å²) in [7, 11) is 1.83. The summed E-state index contributed by atoms with van der Waals surface area (Å²) in [6.45, 7) is 2.77. The zero-order valence-electron chi connectivity index (χ0n) is 11.3. The number of benzene rings is 1. The van der Waals surface area contributed by atoms with Gasteiger partial charge in [-0.15, -0.1) is 0 Å². The van der Waals surface area contributed by atoms with Gasteiger partial charge in [-0.3, -0.25) is 0 Å². The fourth-order valence-electron chi connectivity index (χ4n) is 1.79. The topological polar surface area (TPSA) is 76.7 Å². The monoisotopic (exact) mass is 264 g/mol. The van der Waals surface area contributed by atoms with Gasteiger partial charge in [-0.05, 0) is 32.2 Å². The van der Waals surface area contributed by atoms with Crippen LogP contribution in [0.5, 0.6) is 5.75 Å². The summed E-state index contributed by atoms with van der Waals surface area (Å²) in [5.41, 5.74) is 0.526. The zero-order valence-corrected chi connectivity index (χ0v) is 11.3. The molecule has 0 amide bonds. The molecular weight excluding hydrogens is 244 g/mol. The Morgan fingerprint density at radius 2 is 2.11 bits per heavy atom. The molecule has 1 aromatic carbocycles. The van der Waals surface area contributed by atoms with E-state index in [0.29, 0.717) is 24.4 Å². The molecule has 19 heavy (non-hydrogen) atoms. The summed E-state index contributed by atoms with van der Waals surface area (Å²) in [6, 6.07) is 8.83. The predicted molar refractivity (Wildman–Crippen MR) is 71.8 cm³/mol. The van der Waals surface area contributed by atoms with E-state index in [0.717, 1.165) is 0 Å². The van der Waals surface area contributed by atoms with Crippen LogP contribution < -0.4 is 4.74 Å². The number of ether oxygens (including phenoxy) is 1. The van der Waals surface area contributed by atoms with Crippen LogP contribution in [0.25, 0.3) is 0 Å². The summed E-state index contributed by atoms with van der Waals surface area (Å²) in [6.07, 6.45) is -1.07. The van der Waals surface area contributed by atoms with Crippen LogP contribution >= 0.6 is 0 Å². The number of hydrogen-bond acceptors (Lipinski definition) is 5. The van der Waals surface area contributed by atoms with Crippen LogP contribution in [0.1, 0.15) is 12.5 Å². The number of rotatable bonds is 7.